The van der Waals surface area contributed by atoms with Gasteiger partial charge in [0.15, 0.2) is 0 Å². The first-order chi connectivity index (χ1) is 15.0. The van der Waals surface area contributed by atoms with Gasteiger partial charge < -0.3 is 9.80 Å². The summed E-state index contributed by atoms with van der Waals surface area (Å²) in [5.41, 5.74) is 3.01. The highest BCUT2D eigenvalue weighted by Gasteiger charge is 2.29. The first-order valence-corrected chi connectivity index (χ1v) is 11.1. The third-order valence-electron chi connectivity index (χ3n) is 5.96. The zero-order valence-corrected chi connectivity index (χ0v) is 18.6. The molecule has 2 heterocycles. The van der Waals surface area contributed by atoms with Crippen LogP contribution in [-0.2, 0) is 6.54 Å². The molecule has 5 heteroatoms. The molecule has 1 amide bonds. The number of nitriles is 1. The SMILES string of the molecule is C=Cc1ccc(C(=O)N(Cc2ccc(C#N)cc2)C2CCN(CCC(C)C)CC2)nc1. The molecule has 0 unspecified atom stereocenters. The van der Waals surface area contributed by atoms with Crippen LogP contribution >= 0.6 is 0 Å². The Morgan fingerprint density at radius 2 is 1.97 bits per heavy atom. The third kappa shape index (κ3) is 6.26. The average molecular weight is 417 g/mol. The summed E-state index contributed by atoms with van der Waals surface area (Å²) in [5.74, 6) is 0.664. The number of nitrogens with zero attached hydrogens (tertiary/aromatic N) is 4. The van der Waals surface area contributed by atoms with Gasteiger partial charge in [0.25, 0.3) is 5.91 Å². The quantitative estimate of drug-likeness (QED) is 0.623. The van der Waals surface area contributed by atoms with Crippen molar-refractivity contribution in [3.63, 3.8) is 0 Å². The monoisotopic (exact) mass is 416 g/mol. The summed E-state index contributed by atoms with van der Waals surface area (Å²) in [6, 6.07) is 13.5. The second-order valence-corrected chi connectivity index (χ2v) is 8.68. The molecule has 0 saturated carbocycles. The number of pyridine rings is 1. The lowest BCUT2D eigenvalue weighted by Crippen LogP contribution is -2.47. The number of benzene rings is 1. The van der Waals surface area contributed by atoms with E-state index < -0.39 is 0 Å². The van der Waals surface area contributed by atoms with Gasteiger partial charge in [-0.1, -0.05) is 44.7 Å². The summed E-state index contributed by atoms with van der Waals surface area (Å²) >= 11 is 0. The maximum Gasteiger partial charge on any atom is 0.272 e. The van der Waals surface area contributed by atoms with Crippen LogP contribution in [0.3, 0.4) is 0 Å². The number of piperidine rings is 1. The van der Waals surface area contributed by atoms with Gasteiger partial charge in [0, 0.05) is 31.9 Å². The predicted molar refractivity (Wildman–Crippen MR) is 124 cm³/mol. The fraction of sp³-hybridized carbons (Fsp3) is 0.423. The Bertz CT molecular complexity index is 904. The second-order valence-electron chi connectivity index (χ2n) is 8.68. The lowest BCUT2D eigenvalue weighted by Gasteiger charge is -2.38. The van der Waals surface area contributed by atoms with E-state index in [1.165, 1.54) is 6.42 Å². The van der Waals surface area contributed by atoms with Crippen LogP contribution in [0.15, 0.2) is 49.2 Å². The van der Waals surface area contributed by atoms with E-state index in [-0.39, 0.29) is 11.9 Å². The maximum atomic E-state index is 13.4. The van der Waals surface area contributed by atoms with Gasteiger partial charge >= 0.3 is 0 Å². The molecule has 0 spiro atoms. The van der Waals surface area contributed by atoms with Gasteiger partial charge in [0.2, 0.25) is 0 Å². The maximum absolute atomic E-state index is 13.4. The van der Waals surface area contributed by atoms with Gasteiger partial charge in [-0.05, 0) is 61.1 Å². The van der Waals surface area contributed by atoms with Crippen LogP contribution in [0.5, 0.6) is 0 Å². The number of carbonyl (C=O) groups excluding carboxylic acids is 1. The largest absolute Gasteiger partial charge is 0.330 e. The van der Waals surface area contributed by atoms with E-state index >= 15 is 0 Å². The zero-order valence-electron chi connectivity index (χ0n) is 18.6. The molecule has 3 rings (SSSR count). The molecule has 2 aromatic rings. The van der Waals surface area contributed by atoms with Gasteiger partial charge in [0.1, 0.15) is 5.69 Å². The minimum absolute atomic E-state index is 0.0411. The molecule has 0 bridgehead atoms. The highest BCUT2D eigenvalue weighted by atomic mass is 16.2. The van der Waals surface area contributed by atoms with Crippen molar-refractivity contribution in [3.05, 3.63) is 71.6 Å². The highest BCUT2D eigenvalue weighted by molar-refractivity contribution is 5.92. The minimum atomic E-state index is -0.0411. The van der Waals surface area contributed by atoms with Crippen LogP contribution in [0.2, 0.25) is 0 Å². The van der Waals surface area contributed by atoms with Gasteiger partial charge in [0.05, 0.1) is 11.6 Å². The summed E-state index contributed by atoms with van der Waals surface area (Å²) < 4.78 is 0. The predicted octanol–water partition coefficient (Wildman–Crippen LogP) is 4.75. The summed E-state index contributed by atoms with van der Waals surface area (Å²) in [4.78, 5) is 22.3. The zero-order chi connectivity index (χ0) is 22.2. The Labute approximate surface area is 186 Å². The van der Waals surface area contributed by atoms with Crippen molar-refractivity contribution in [2.75, 3.05) is 19.6 Å². The van der Waals surface area contributed by atoms with Crippen molar-refractivity contribution in [2.45, 2.75) is 45.7 Å². The Morgan fingerprint density at radius 3 is 2.52 bits per heavy atom. The van der Waals surface area contributed by atoms with Crippen LogP contribution < -0.4 is 0 Å². The van der Waals surface area contributed by atoms with Gasteiger partial charge in [-0.3, -0.25) is 9.78 Å². The van der Waals surface area contributed by atoms with E-state index in [1.807, 2.05) is 35.2 Å². The molecular weight excluding hydrogens is 384 g/mol. The Balaban J connectivity index is 1.76. The molecule has 1 aliphatic heterocycles. The lowest BCUT2D eigenvalue weighted by molar-refractivity contribution is 0.0540. The van der Waals surface area contributed by atoms with Crippen LogP contribution in [0.1, 0.15) is 60.3 Å². The molecule has 0 N–H and O–H groups in total. The summed E-state index contributed by atoms with van der Waals surface area (Å²) in [5, 5.41) is 9.06. The van der Waals surface area contributed by atoms with Crippen molar-refractivity contribution < 1.29 is 4.79 Å². The van der Waals surface area contributed by atoms with E-state index in [2.05, 4.69) is 36.4 Å². The smallest absolute Gasteiger partial charge is 0.272 e. The van der Waals surface area contributed by atoms with Crippen LogP contribution in [0.4, 0.5) is 0 Å². The first kappa shape index (κ1) is 22.7. The molecule has 1 saturated heterocycles. The van der Waals surface area contributed by atoms with Crippen molar-refractivity contribution in [2.24, 2.45) is 5.92 Å². The summed E-state index contributed by atoms with van der Waals surface area (Å²) in [7, 11) is 0. The number of carbonyl (C=O) groups is 1. The van der Waals surface area contributed by atoms with Crippen LogP contribution in [-0.4, -0.2) is 46.4 Å². The molecule has 0 atom stereocenters. The van der Waals surface area contributed by atoms with Crippen LogP contribution in [0, 0.1) is 17.2 Å². The van der Waals surface area contributed by atoms with E-state index in [0.29, 0.717) is 23.7 Å². The summed E-state index contributed by atoms with van der Waals surface area (Å²) in [6.07, 6.45) is 6.55. The molecule has 31 heavy (non-hydrogen) atoms. The fourth-order valence-electron chi connectivity index (χ4n) is 3.94. The standard InChI is InChI=1S/C26H32N4O/c1-4-21-9-10-25(28-18-21)26(31)30(19-23-7-5-22(17-27)6-8-23)24-12-15-29(16-13-24)14-11-20(2)3/h4-10,18,20,24H,1,11-16,19H2,2-3H3. The number of likely N-dealkylation sites (tertiary alicyclic amines) is 1. The highest BCUT2D eigenvalue weighted by Crippen LogP contribution is 2.22. The number of rotatable bonds is 8. The normalized spacial score (nSPS) is 14.9. The van der Waals surface area contributed by atoms with Crippen molar-refractivity contribution >= 4 is 12.0 Å². The Morgan fingerprint density at radius 1 is 1.26 bits per heavy atom. The van der Waals surface area contributed by atoms with E-state index in [9.17, 15) is 4.79 Å². The molecule has 0 radical (unpaired) electrons. The van der Waals surface area contributed by atoms with Gasteiger partial charge in [-0.15, -0.1) is 0 Å². The third-order valence-corrected chi connectivity index (χ3v) is 5.96. The summed E-state index contributed by atoms with van der Waals surface area (Å²) in [6.45, 7) is 11.9. The molecule has 162 valence electrons. The molecule has 0 aliphatic carbocycles. The number of aromatic nitrogens is 1. The number of amides is 1. The molecule has 1 aromatic carbocycles. The van der Waals surface area contributed by atoms with Crippen molar-refractivity contribution in [3.8, 4) is 6.07 Å². The van der Waals surface area contributed by atoms with Gasteiger partial charge in [-0.25, -0.2) is 0 Å². The minimum Gasteiger partial charge on any atom is -0.330 e. The van der Waals surface area contributed by atoms with E-state index in [4.69, 9.17) is 5.26 Å². The molecule has 1 fully saturated rings. The second kappa shape index (κ2) is 10.9. The van der Waals surface area contributed by atoms with Crippen LogP contribution in [0.25, 0.3) is 6.08 Å². The van der Waals surface area contributed by atoms with Crippen molar-refractivity contribution in [1.82, 2.24) is 14.8 Å². The fourth-order valence-corrected chi connectivity index (χ4v) is 3.94. The van der Waals surface area contributed by atoms with Crippen molar-refractivity contribution in [1.29, 1.82) is 5.26 Å². The van der Waals surface area contributed by atoms with Gasteiger partial charge in [-0.2, -0.15) is 5.26 Å². The van der Waals surface area contributed by atoms with E-state index in [1.54, 1.807) is 18.3 Å². The molecule has 1 aromatic heterocycles. The Hall–Kier alpha value is -2.97. The molecule has 5 nitrogen and oxygen atoms in total. The first-order valence-electron chi connectivity index (χ1n) is 11.1. The number of hydrogen-bond donors (Lipinski definition) is 0. The van der Waals surface area contributed by atoms with E-state index in [0.717, 1.165) is 43.6 Å². The number of hydrogen-bond acceptors (Lipinski definition) is 4. The average Bonchev–Trinajstić information content (AvgIpc) is 2.81. The lowest BCUT2D eigenvalue weighted by atomic mass is 10.00. The topological polar surface area (TPSA) is 60.2 Å². The molecule has 1 aliphatic rings. The Kier molecular flexibility index (Phi) is 7.97. The molecular formula is C26H32N4O.